The van der Waals surface area contributed by atoms with E-state index in [0.29, 0.717) is 28.5 Å². The second kappa shape index (κ2) is 8.13. The van der Waals surface area contributed by atoms with Gasteiger partial charge < -0.3 is 9.72 Å². The van der Waals surface area contributed by atoms with Gasteiger partial charge in [0.25, 0.3) is 0 Å². The van der Waals surface area contributed by atoms with Gasteiger partial charge in [-0.05, 0) is 48.5 Å². The predicted molar refractivity (Wildman–Crippen MR) is 118 cm³/mol. The van der Waals surface area contributed by atoms with Crippen LogP contribution in [0.1, 0.15) is 21.7 Å². The van der Waals surface area contributed by atoms with Crippen molar-refractivity contribution >= 4 is 16.8 Å². The van der Waals surface area contributed by atoms with Crippen LogP contribution in [0.5, 0.6) is 11.6 Å². The van der Waals surface area contributed by atoms with Crippen LogP contribution in [-0.4, -0.2) is 25.7 Å². The molecule has 0 aliphatic heterocycles. The maximum atomic E-state index is 12.8. The molecule has 152 valence electrons. The number of nitriles is 1. The normalized spacial score (nSPS) is 10.6. The summed E-state index contributed by atoms with van der Waals surface area (Å²) in [4.78, 5) is 28.9. The van der Waals surface area contributed by atoms with Crippen LogP contribution >= 0.6 is 0 Å². The Morgan fingerprint density at radius 1 is 0.906 bits per heavy atom. The Hall–Kier alpha value is -4.83. The summed E-state index contributed by atoms with van der Waals surface area (Å²) < 4.78 is 5.94. The fourth-order valence-electron chi connectivity index (χ4n) is 3.28. The number of aromatic amines is 1. The SMILES string of the molecule is N#Cc1ccc(-c2nccnc2Oc2ccc(C(=O)c3nc4ccccc4[nH]3)cc2)cc1. The highest BCUT2D eigenvalue weighted by Gasteiger charge is 2.15. The van der Waals surface area contributed by atoms with E-state index < -0.39 is 0 Å². The summed E-state index contributed by atoms with van der Waals surface area (Å²) in [5, 5.41) is 8.99. The predicted octanol–water partition coefficient (Wildman–Crippen LogP) is 4.91. The lowest BCUT2D eigenvalue weighted by atomic mass is 10.1. The van der Waals surface area contributed by atoms with E-state index in [1.54, 1.807) is 60.9 Å². The fourth-order valence-corrected chi connectivity index (χ4v) is 3.28. The summed E-state index contributed by atoms with van der Waals surface area (Å²) in [6.45, 7) is 0. The highest BCUT2D eigenvalue weighted by molar-refractivity contribution is 6.08. The van der Waals surface area contributed by atoms with Gasteiger partial charge in [-0.15, -0.1) is 0 Å². The minimum absolute atomic E-state index is 0.203. The van der Waals surface area contributed by atoms with Gasteiger partial charge in [-0.1, -0.05) is 24.3 Å². The largest absolute Gasteiger partial charge is 0.437 e. The lowest BCUT2D eigenvalue weighted by molar-refractivity contribution is 0.103. The van der Waals surface area contributed by atoms with E-state index in [0.717, 1.165) is 16.6 Å². The quantitative estimate of drug-likeness (QED) is 0.407. The van der Waals surface area contributed by atoms with E-state index in [-0.39, 0.29) is 11.6 Å². The lowest BCUT2D eigenvalue weighted by Crippen LogP contribution is -2.03. The number of fused-ring (bicyclic) bond motifs is 1. The number of nitrogens with zero attached hydrogens (tertiary/aromatic N) is 4. The topological polar surface area (TPSA) is 105 Å². The first-order valence-corrected chi connectivity index (χ1v) is 9.80. The third-order valence-corrected chi connectivity index (χ3v) is 4.89. The molecule has 1 N–H and O–H groups in total. The van der Waals surface area contributed by atoms with Crippen LogP contribution in [0.4, 0.5) is 0 Å². The number of ketones is 1. The summed E-state index contributed by atoms with van der Waals surface area (Å²) in [5.41, 5.74) is 3.94. The van der Waals surface area contributed by atoms with Crippen LogP contribution in [0, 0.1) is 11.3 Å². The number of carbonyl (C=O) groups excluding carboxylic acids is 1. The average molecular weight is 417 g/mol. The van der Waals surface area contributed by atoms with Gasteiger partial charge in [-0.25, -0.2) is 15.0 Å². The Balaban J connectivity index is 1.38. The molecule has 7 heteroatoms. The van der Waals surface area contributed by atoms with Crippen LogP contribution < -0.4 is 4.74 Å². The van der Waals surface area contributed by atoms with Crippen molar-refractivity contribution in [3.63, 3.8) is 0 Å². The molecule has 0 amide bonds. The molecule has 0 fully saturated rings. The minimum atomic E-state index is -0.203. The Bertz CT molecular complexity index is 1430. The summed E-state index contributed by atoms with van der Waals surface area (Å²) in [6.07, 6.45) is 3.12. The van der Waals surface area contributed by atoms with Gasteiger partial charge in [0.15, 0.2) is 5.82 Å². The Morgan fingerprint density at radius 3 is 2.41 bits per heavy atom. The van der Waals surface area contributed by atoms with Gasteiger partial charge >= 0.3 is 0 Å². The molecule has 3 aromatic carbocycles. The Morgan fingerprint density at radius 2 is 1.66 bits per heavy atom. The van der Waals surface area contributed by atoms with E-state index in [2.05, 4.69) is 26.0 Å². The highest BCUT2D eigenvalue weighted by Crippen LogP contribution is 2.30. The van der Waals surface area contributed by atoms with Crippen molar-refractivity contribution in [3.8, 4) is 29.0 Å². The van der Waals surface area contributed by atoms with Crippen LogP contribution in [0.2, 0.25) is 0 Å². The van der Waals surface area contributed by atoms with Gasteiger partial charge in [0.05, 0.1) is 22.7 Å². The van der Waals surface area contributed by atoms with Crippen molar-refractivity contribution in [2.75, 3.05) is 0 Å². The van der Waals surface area contributed by atoms with Crippen LogP contribution in [0.15, 0.2) is 85.2 Å². The third kappa shape index (κ3) is 3.68. The zero-order chi connectivity index (χ0) is 21.9. The second-order valence-electron chi connectivity index (χ2n) is 6.96. The molecule has 7 nitrogen and oxygen atoms in total. The molecular formula is C25H15N5O2. The number of imidazole rings is 1. The van der Waals surface area contributed by atoms with Crippen molar-refractivity contribution in [1.29, 1.82) is 5.26 Å². The first kappa shape index (κ1) is 19.2. The van der Waals surface area contributed by atoms with Crippen molar-refractivity contribution < 1.29 is 9.53 Å². The number of hydrogen-bond donors (Lipinski definition) is 1. The minimum Gasteiger partial charge on any atom is -0.437 e. The molecule has 5 rings (SSSR count). The molecule has 0 aliphatic carbocycles. The molecule has 0 saturated heterocycles. The van der Waals surface area contributed by atoms with Gasteiger partial charge in [0.1, 0.15) is 11.4 Å². The smallest absolute Gasteiger partial charge is 0.246 e. The number of ether oxygens (including phenoxy) is 1. The molecule has 0 atom stereocenters. The van der Waals surface area contributed by atoms with E-state index in [1.807, 2.05) is 24.3 Å². The monoisotopic (exact) mass is 417 g/mol. The molecule has 0 unspecified atom stereocenters. The fraction of sp³-hybridized carbons (Fsp3) is 0. The number of aromatic nitrogens is 4. The van der Waals surface area contributed by atoms with Gasteiger partial charge in [-0.2, -0.15) is 5.26 Å². The number of H-pyrrole nitrogens is 1. The number of benzene rings is 3. The summed E-state index contributed by atoms with van der Waals surface area (Å²) in [6, 6.07) is 23.4. The first-order chi connectivity index (χ1) is 15.7. The van der Waals surface area contributed by atoms with Crippen LogP contribution in [-0.2, 0) is 0 Å². The number of rotatable bonds is 5. The van der Waals surface area contributed by atoms with E-state index in [4.69, 9.17) is 10.00 Å². The van der Waals surface area contributed by atoms with Gasteiger partial charge in [0.2, 0.25) is 11.7 Å². The maximum absolute atomic E-state index is 12.8. The third-order valence-electron chi connectivity index (χ3n) is 4.89. The van der Waals surface area contributed by atoms with Crippen molar-refractivity contribution in [3.05, 3.63) is 102 Å². The molecule has 0 spiro atoms. The number of nitrogens with one attached hydrogen (secondary N) is 1. The van der Waals surface area contributed by atoms with E-state index in [1.165, 1.54) is 0 Å². The van der Waals surface area contributed by atoms with E-state index in [9.17, 15) is 4.79 Å². The molecule has 0 radical (unpaired) electrons. The van der Waals surface area contributed by atoms with Crippen LogP contribution in [0.25, 0.3) is 22.3 Å². The first-order valence-electron chi connectivity index (χ1n) is 9.80. The van der Waals surface area contributed by atoms with Crippen LogP contribution in [0.3, 0.4) is 0 Å². The summed E-state index contributed by atoms with van der Waals surface area (Å²) in [7, 11) is 0. The summed E-state index contributed by atoms with van der Waals surface area (Å²) in [5.74, 6) is 0.928. The molecule has 0 saturated carbocycles. The van der Waals surface area contributed by atoms with Crippen molar-refractivity contribution in [2.45, 2.75) is 0 Å². The standard InChI is InChI=1S/C25H15N5O2/c26-15-16-5-7-17(8-6-16)22-25(28-14-13-27-22)32-19-11-9-18(10-12-19)23(31)24-29-20-3-1-2-4-21(20)30-24/h1-14H,(H,29,30). The van der Waals surface area contributed by atoms with Gasteiger partial charge in [-0.3, -0.25) is 4.79 Å². The van der Waals surface area contributed by atoms with E-state index >= 15 is 0 Å². The molecule has 0 bridgehead atoms. The zero-order valence-electron chi connectivity index (χ0n) is 16.7. The Kier molecular flexibility index (Phi) is 4.86. The zero-order valence-corrected chi connectivity index (χ0v) is 16.7. The van der Waals surface area contributed by atoms with Crippen molar-refractivity contribution in [1.82, 2.24) is 19.9 Å². The number of carbonyl (C=O) groups is 1. The lowest BCUT2D eigenvalue weighted by Gasteiger charge is -2.09. The maximum Gasteiger partial charge on any atom is 0.246 e. The highest BCUT2D eigenvalue weighted by atomic mass is 16.5. The molecular weight excluding hydrogens is 402 g/mol. The summed E-state index contributed by atoms with van der Waals surface area (Å²) >= 11 is 0. The molecule has 0 aliphatic rings. The number of hydrogen-bond acceptors (Lipinski definition) is 6. The molecule has 2 aromatic heterocycles. The van der Waals surface area contributed by atoms with Gasteiger partial charge in [0, 0.05) is 23.5 Å². The number of para-hydroxylation sites is 2. The molecule has 32 heavy (non-hydrogen) atoms. The molecule has 5 aromatic rings. The second-order valence-corrected chi connectivity index (χ2v) is 6.96. The Labute approximate surface area is 183 Å². The van der Waals surface area contributed by atoms with Crippen molar-refractivity contribution in [2.24, 2.45) is 0 Å². The average Bonchev–Trinajstić information content (AvgIpc) is 3.29. The molecule has 2 heterocycles.